The minimum absolute atomic E-state index is 0.302. The van der Waals surface area contributed by atoms with E-state index in [1.54, 1.807) is 0 Å². The highest BCUT2D eigenvalue weighted by molar-refractivity contribution is 5.92. The Morgan fingerprint density at radius 3 is 2.57 bits per heavy atom. The molecule has 0 spiro atoms. The Hall–Kier alpha value is -1.48. The lowest BCUT2D eigenvalue weighted by atomic mass is 9.67. The number of Topliss-reactive ketones (excluding diaryl/α,β-unsaturated/α-hetero) is 2. The maximum Gasteiger partial charge on any atom is 0.143 e. The second kappa shape index (κ2) is 7.51. The second-order valence-electron chi connectivity index (χ2n) is 5.97. The number of rotatable bonds is 5. The quantitative estimate of drug-likeness (QED) is 0.847. The van der Waals surface area contributed by atoms with Crippen LogP contribution in [0.4, 0.5) is 0 Å². The van der Waals surface area contributed by atoms with Crippen molar-refractivity contribution >= 4 is 11.6 Å². The zero-order valence-corrected chi connectivity index (χ0v) is 12.9. The van der Waals surface area contributed by atoms with Crippen molar-refractivity contribution in [1.29, 1.82) is 0 Å². The molecule has 1 fully saturated rings. The smallest absolute Gasteiger partial charge is 0.143 e. The molecule has 1 saturated carbocycles. The highest BCUT2D eigenvalue weighted by Gasteiger charge is 2.39. The lowest BCUT2D eigenvalue weighted by Gasteiger charge is -2.34. The summed E-state index contributed by atoms with van der Waals surface area (Å²) in [5, 5.41) is 3.15. The van der Waals surface area contributed by atoms with Gasteiger partial charge in [-0.25, -0.2) is 0 Å². The Labute approximate surface area is 127 Å². The molecular weight excluding hydrogens is 262 g/mol. The van der Waals surface area contributed by atoms with Crippen molar-refractivity contribution in [3.8, 4) is 0 Å². The lowest BCUT2D eigenvalue weighted by molar-refractivity contribution is -0.127. The number of hydrogen-bond acceptors (Lipinski definition) is 3. The van der Waals surface area contributed by atoms with E-state index in [4.69, 9.17) is 0 Å². The van der Waals surface area contributed by atoms with E-state index in [0.29, 0.717) is 43.7 Å². The van der Waals surface area contributed by atoms with Crippen LogP contribution in [0.2, 0.25) is 0 Å². The Morgan fingerprint density at radius 2 is 1.86 bits per heavy atom. The zero-order valence-electron chi connectivity index (χ0n) is 12.9. The third-order valence-electron chi connectivity index (χ3n) is 4.58. The van der Waals surface area contributed by atoms with Gasteiger partial charge >= 0.3 is 0 Å². The van der Waals surface area contributed by atoms with E-state index in [0.717, 1.165) is 24.9 Å². The minimum Gasteiger partial charge on any atom is -0.320 e. The molecule has 1 unspecified atom stereocenters. The number of hydrogen-bond donors (Lipinski definition) is 1. The van der Waals surface area contributed by atoms with E-state index in [-0.39, 0.29) is 0 Å². The number of nitrogens with one attached hydrogen (secondary N) is 1. The number of ketones is 2. The molecule has 0 radical (unpaired) electrons. The van der Waals surface area contributed by atoms with Gasteiger partial charge in [-0.1, -0.05) is 30.3 Å². The first-order chi connectivity index (χ1) is 10.2. The van der Waals surface area contributed by atoms with Gasteiger partial charge < -0.3 is 5.32 Å². The maximum absolute atomic E-state index is 12.9. The van der Waals surface area contributed by atoms with Crippen LogP contribution in [0.5, 0.6) is 0 Å². The predicted molar refractivity (Wildman–Crippen MR) is 84.4 cm³/mol. The van der Waals surface area contributed by atoms with Crippen molar-refractivity contribution in [1.82, 2.24) is 5.32 Å². The summed E-state index contributed by atoms with van der Waals surface area (Å²) < 4.78 is 0. The van der Waals surface area contributed by atoms with E-state index >= 15 is 0 Å². The van der Waals surface area contributed by atoms with Gasteiger partial charge in [0.2, 0.25) is 0 Å². The molecule has 1 atom stereocenters. The summed E-state index contributed by atoms with van der Waals surface area (Å²) in [7, 11) is 1.93. The molecule has 0 bridgehead atoms. The highest BCUT2D eigenvalue weighted by atomic mass is 16.1. The summed E-state index contributed by atoms with van der Waals surface area (Å²) in [6.07, 6.45) is 4.76. The fourth-order valence-corrected chi connectivity index (χ4v) is 3.34. The Kier molecular flexibility index (Phi) is 5.68. The average Bonchev–Trinajstić information content (AvgIpc) is 2.50. The predicted octanol–water partition coefficient (Wildman–Crippen LogP) is 3.03. The van der Waals surface area contributed by atoms with Crippen LogP contribution in [-0.2, 0) is 15.0 Å². The second-order valence-corrected chi connectivity index (χ2v) is 5.97. The van der Waals surface area contributed by atoms with Gasteiger partial charge in [0.05, 0.1) is 5.41 Å². The van der Waals surface area contributed by atoms with E-state index in [9.17, 15) is 9.59 Å². The van der Waals surface area contributed by atoms with Crippen LogP contribution >= 0.6 is 0 Å². The van der Waals surface area contributed by atoms with Crippen molar-refractivity contribution in [3.05, 3.63) is 35.9 Å². The van der Waals surface area contributed by atoms with Gasteiger partial charge in [-0.2, -0.15) is 0 Å². The Bertz CT molecular complexity index is 483. The van der Waals surface area contributed by atoms with Crippen molar-refractivity contribution in [2.45, 2.75) is 50.4 Å². The summed E-state index contributed by atoms with van der Waals surface area (Å²) >= 11 is 0. The summed E-state index contributed by atoms with van der Waals surface area (Å²) in [5.41, 5.74) is 0.620. The molecule has 0 aliphatic heterocycles. The molecule has 114 valence electrons. The van der Waals surface area contributed by atoms with Gasteiger partial charge in [0, 0.05) is 19.3 Å². The van der Waals surface area contributed by atoms with Gasteiger partial charge in [-0.15, -0.1) is 0 Å². The maximum atomic E-state index is 12.9. The molecule has 0 heterocycles. The fourth-order valence-electron chi connectivity index (χ4n) is 3.34. The molecule has 1 aliphatic carbocycles. The van der Waals surface area contributed by atoms with Crippen LogP contribution < -0.4 is 5.32 Å². The van der Waals surface area contributed by atoms with Crippen LogP contribution in [-0.4, -0.2) is 25.2 Å². The Morgan fingerprint density at radius 1 is 1.10 bits per heavy atom. The standard InChI is InChI=1S/C18H25NO2/c1-19-14-6-12-18(15-7-3-2-4-8-15)13-11-16(20)9-5-10-17(18)21/h2-4,7-8,19H,5-6,9-14H2,1H3. The molecule has 0 aromatic heterocycles. The van der Waals surface area contributed by atoms with Crippen molar-refractivity contribution < 1.29 is 9.59 Å². The summed E-state index contributed by atoms with van der Waals surface area (Å²) in [6.45, 7) is 0.899. The highest BCUT2D eigenvalue weighted by Crippen LogP contribution is 2.38. The number of carbonyl (C=O) groups excluding carboxylic acids is 2. The van der Waals surface area contributed by atoms with Crippen molar-refractivity contribution in [2.24, 2.45) is 0 Å². The molecule has 1 N–H and O–H groups in total. The molecule has 1 aromatic carbocycles. The summed E-state index contributed by atoms with van der Waals surface area (Å²) in [6, 6.07) is 10.0. The first kappa shape index (κ1) is 15.9. The molecule has 0 saturated heterocycles. The molecular formula is C18H25NO2. The Balaban J connectivity index is 2.32. The van der Waals surface area contributed by atoms with Crippen LogP contribution in [0.15, 0.2) is 30.3 Å². The summed E-state index contributed by atoms with van der Waals surface area (Å²) in [5.74, 6) is 0.619. The number of benzene rings is 1. The van der Waals surface area contributed by atoms with Gasteiger partial charge in [0.1, 0.15) is 11.6 Å². The van der Waals surface area contributed by atoms with E-state index < -0.39 is 5.41 Å². The molecule has 0 amide bonds. The van der Waals surface area contributed by atoms with E-state index in [1.807, 2.05) is 37.4 Å². The average molecular weight is 287 g/mol. The van der Waals surface area contributed by atoms with Gasteiger partial charge in [-0.05, 0) is 44.8 Å². The molecule has 21 heavy (non-hydrogen) atoms. The monoisotopic (exact) mass is 287 g/mol. The molecule has 1 aromatic rings. The lowest BCUT2D eigenvalue weighted by Crippen LogP contribution is -2.38. The van der Waals surface area contributed by atoms with E-state index in [1.165, 1.54) is 0 Å². The van der Waals surface area contributed by atoms with Gasteiger partial charge in [0.15, 0.2) is 0 Å². The molecule has 1 aliphatic rings. The SMILES string of the molecule is CNCCCC1(c2ccccc2)CCC(=O)CCCC1=O. The van der Waals surface area contributed by atoms with E-state index in [2.05, 4.69) is 5.32 Å². The number of carbonyl (C=O) groups is 2. The largest absolute Gasteiger partial charge is 0.320 e. The first-order valence-corrected chi connectivity index (χ1v) is 7.94. The van der Waals surface area contributed by atoms with Crippen LogP contribution in [0.1, 0.15) is 50.5 Å². The van der Waals surface area contributed by atoms with Crippen LogP contribution in [0, 0.1) is 0 Å². The van der Waals surface area contributed by atoms with Crippen molar-refractivity contribution in [3.63, 3.8) is 0 Å². The van der Waals surface area contributed by atoms with Gasteiger partial charge in [-0.3, -0.25) is 9.59 Å². The first-order valence-electron chi connectivity index (χ1n) is 7.94. The minimum atomic E-state index is -0.464. The molecule has 2 rings (SSSR count). The van der Waals surface area contributed by atoms with Crippen LogP contribution in [0.25, 0.3) is 0 Å². The fraction of sp³-hybridized carbons (Fsp3) is 0.556. The topological polar surface area (TPSA) is 46.2 Å². The molecule has 3 nitrogen and oxygen atoms in total. The normalized spacial score (nSPS) is 23.7. The van der Waals surface area contributed by atoms with Gasteiger partial charge in [0.25, 0.3) is 0 Å². The third-order valence-corrected chi connectivity index (χ3v) is 4.58. The zero-order chi connectivity index (χ0) is 15.1. The summed E-state index contributed by atoms with van der Waals surface area (Å²) in [4.78, 5) is 24.7. The molecule has 3 heteroatoms. The van der Waals surface area contributed by atoms with Crippen molar-refractivity contribution in [2.75, 3.05) is 13.6 Å². The third kappa shape index (κ3) is 3.79. The van der Waals surface area contributed by atoms with Crippen LogP contribution in [0.3, 0.4) is 0 Å².